The fraction of sp³-hybridized carbons (Fsp3) is 0.200. The molecule has 0 amide bonds. The molecule has 3 aromatic rings. The van der Waals surface area contributed by atoms with Gasteiger partial charge < -0.3 is 10.4 Å². The van der Waals surface area contributed by atoms with Gasteiger partial charge in [-0.1, -0.05) is 41.4 Å². The van der Waals surface area contributed by atoms with Crippen molar-refractivity contribution >= 4 is 39.7 Å². The number of carboxylic acid groups (broad SMARTS) is 1. The lowest BCUT2D eigenvalue weighted by atomic mass is 10.0. The van der Waals surface area contributed by atoms with Crippen molar-refractivity contribution in [3.8, 4) is 11.3 Å². The van der Waals surface area contributed by atoms with E-state index in [0.717, 1.165) is 38.5 Å². The molecule has 0 aliphatic heterocycles. The quantitative estimate of drug-likeness (QED) is 0.585. The Labute approximate surface area is 161 Å². The number of thiazole rings is 1. The monoisotopic (exact) mass is 386 g/mol. The topological polar surface area (TPSA) is 62.2 Å². The summed E-state index contributed by atoms with van der Waals surface area (Å²) in [5, 5.41) is 13.8. The van der Waals surface area contributed by atoms with Crippen molar-refractivity contribution in [1.29, 1.82) is 0 Å². The minimum absolute atomic E-state index is 0.0589. The number of aliphatic carboxylic acids is 1. The molecule has 1 heterocycles. The summed E-state index contributed by atoms with van der Waals surface area (Å²) in [7, 11) is 0. The molecule has 0 saturated carbocycles. The molecule has 0 aliphatic carbocycles. The summed E-state index contributed by atoms with van der Waals surface area (Å²) in [6.07, 6.45) is -0.0589. The van der Waals surface area contributed by atoms with Crippen LogP contribution < -0.4 is 5.32 Å². The van der Waals surface area contributed by atoms with Gasteiger partial charge in [-0.2, -0.15) is 0 Å². The Bertz CT molecular complexity index is 982. The Kier molecular flexibility index (Phi) is 5.30. The zero-order chi connectivity index (χ0) is 18.8. The molecule has 1 aromatic heterocycles. The summed E-state index contributed by atoms with van der Waals surface area (Å²) in [5.41, 5.74) is 5.73. The van der Waals surface area contributed by atoms with Gasteiger partial charge in [0.25, 0.3) is 0 Å². The van der Waals surface area contributed by atoms with Crippen molar-refractivity contribution in [1.82, 2.24) is 4.98 Å². The fourth-order valence-electron chi connectivity index (χ4n) is 2.75. The molecule has 2 N–H and O–H groups in total. The van der Waals surface area contributed by atoms with Gasteiger partial charge in [-0.15, -0.1) is 11.3 Å². The van der Waals surface area contributed by atoms with Crippen LogP contribution in [0.4, 0.5) is 10.8 Å². The summed E-state index contributed by atoms with van der Waals surface area (Å²) in [5.74, 6) is -0.871. The maximum atomic E-state index is 11.3. The van der Waals surface area contributed by atoms with Crippen molar-refractivity contribution < 1.29 is 9.90 Å². The van der Waals surface area contributed by atoms with Crippen molar-refractivity contribution in [3.05, 3.63) is 63.0 Å². The van der Waals surface area contributed by atoms with Crippen LogP contribution >= 0.6 is 22.9 Å². The molecule has 0 unspecified atom stereocenters. The predicted molar refractivity (Wildman–Crippen MR) is 108 cm³/mol. The van der Waals surface area contributed by atoms with Gasteiger partial charge in [0.2, 0.25) is 0 Å². The summed E-state index contributed by atoms with van der Waals surface area (Å²) in [6, 6.07) is 11.8. The van der Waals surface area contributed by atoms with Gasteiger partial charge in [0.05, 0.1) is 12.1 Å². The first-order valence-electron chi connectivity index (χ1n) is 8.16. The standard InChI is InChI=1S/C20H19ClN2O2S/c1-11-4-7-15(13(3)8-11)19-17(10-18(24)25)26-20(23-19)22-14-6-5-12(2)16(21)9-14/h4-9H,10H2,1-3H3,(H,22,23)(H,24,25). The number of rotatable bonds is 5. The number of aryl methyl sites for hydroxylation is 3. The Morgan fingerprint density at radius 2 is 1.92 bits per heavy atom. The van der Waals surface area contributed by atoms with E-state index < -0.39 is 5.97 Å². The summed E-state index contributed by atoms with van der Waals surface area (Å²) in [6.45, 7) is 5.99. The molecular weight excluding hydrogens is 368 g/mol. The smallest absolute Gasteiger partial charge is 0.308 e. The maximum absolute atomic E-state index is 11.3. The van der Waals surface area contributed by atoms with Crippen LogP contribution in [-0.2, 0) is 11.2 Å². The molecular formula is C20H19ClN2O2S. The van der Waals surface area contributed by atoms with Crippen LogP contribution in [0.15, 0.2) is 36.4 Å². The minimum Gasteiger partial charge on any atom is -0.481 e. The normalized spacial score (nSPS) is 10.8. The number of hydrogen-bond donors (Lipinski definition) is 2. The number of nitrogens with one attached hydrogen (secondary N) is 1. The van der Waals surface area contributed by atoms with Crippen LogP contribution in [0, 0.1) is 20.8 Å². The summed E-state index contributed by atoms with van der Waals surface area (Å²) < 4.78 is 0. The highest BCUT2D eigenvalue weighted by atomic mass is 35.5. The van der Waals surface area contributed by atoms with Gasteiger partial charge in [-0.25, -0.2) is 4.98 Å². The third-order valence-corrected chi connectivity index (χ3v) is 5.45. The van der Waals surface area contributed by atoms with E-state index in [9.17, 15) is 9.90 Å². The van der Waals surface area contributed by atoms with Crippen LogP contribution in [0.3, 0.4) is 0 Å². The number of nitrogens with zero attached hydrogens (tertiary/aromatic N) is 1. The molecule has 0 spiro atoms. The van der Waals surface area contributed by atoms with E-state index in [1.165, 1.54) is 11.3 Å². The second kappa shape index (κ2) is 7.48. The van der Waals surface area contributed by atoms with Gasteiger partial charge in [0.1, 0.15) is 0 Å². The third-order valence-electron chi connectivity index (χ3n) is 4.07. The lowest BCUT2D eigenvalue weighted by Crippen LogP contribution is -2.00. The fourth-order valence-corrected chi connectivity index (χ4v) is 3.91. The van der Waals surface area contributed by atoms with Crippen molar-refractivity contribution in [2.45, 2.75) is 27.2 Å². The maximum Gasteiger partial charge on any atom is 0.308 e. The second-order valence-corrected chi connectivity index (χ2v) is 7.76. The van der Waals surface area contributed by atoms with Gasteiger partial charge in [0.15, 0.2) is 5.13 Å². The van der Waals surface area contributed by atoms with Crippen molar-refractivity contribution in [2.75, 3.05) is 5.32 Å². The SMILES string of the molecule is Cc1ccc(-c2nc(Nc3ccc(C)c(Cl)c3)sc2CC(=O)O)c(C)c1. The number of benzene rings is 2. The number of halogens is 1. The number of carboxylic acids is 1. The highest BCUT2D eigenvalue weighted by molar-refractivity contribution is 7.16. The molecule has 0 radical (unpaired) electrons. The van der Waals surface area contributed by atoms with E-state index in [1.807, 2.05) is 51.1 Å². The first-order valence-corrected chi connectivity index (χ1v) is 9.35. The van der Waals surface area contributed by atoms with E-state index >= 15 is 0 Å². The lowest BCUT2D eigenvalue weighted by molar-refractivity contribution is -0.136. The molecule has 0 aliphatic rings. The van der Waals surface area contributed by atoms with Gasteiger partial charge >= 0.3 is 5.97 Å². The minimum atomic E-state index is -0.871. The van der Waals surface area contributed by atoms with E-state index in [2.05, 4.69) is 16.4 Å². The Morgan fingerprint density at radius 3 is 2.58 bits per heavy atom. The molecule has 134 valence electrons. The van der Waals surface area contributed by atoms with Crippen LogP contribution in [0.25, 0.3) is 11.3 Å². The Morgan fingerprint density at radius 1 is 1.15 bits per heavy atom. The van der Waals surface area contributed by atoms with Crippen molar-refractivity contribution in [3.63, 3.8) is 0 Å². The van der Waals surface area contributed by atoms with E-state index in [0.29, 0.717) is 10.2 Å². The van der Waals surface area contributed by atoms with E-state index in [1.54, 1.807) is 0 Å². The molecule has 0 atom stereocenters. The Hall–Kier alpha value is -2.37. The number of carbonyl (C=O) groups is 1. The molecule has 4 nitrogen and oxygen atoms in total. The summed E-state index contributed by atoms with van der Waals surface area (Å²) >= 11 is 7.54. The average Bonchev–Trinajstić information content (AvgIpc) is 2.92. The second-order valence-electron chi connectivity index (χ2n) is 6.27. The number of aromatic nitrogens is 1. The van der Waals surface area contributed by atoms with Crippen molar-refractivity contribution in [2.24, 2.45) is 0 Å². The number of anilines is 2. The Balaban J connectivity index is 2.01. The first-order chi connectivity index (χ1) is 12.3. The molecule has 2 aromatic carbocycles. The molecule has 26 heavy (non-hydrogen) atoms. The lowest BCUT2D eigenvalue weighted by Gasteiger charge is -2.06. The molecule has 0 saturated heterocycles. The van der Waals surface area contributed by atoms with Crippen LogP contribution in [0.2, 0.25) is 5.02 Å². The third kappa shape index (κ3) is 4.06. The van der Waals surface area contributed by atoms with E-state index in [-0.39, 0.29) is 6.42 Å². The largest absolute Gasteiger partial charge is 0.481 e. The van der Waals surface area contributed by atoms with Crippen LogP contribution in [0.5, 0.6) is 0 Å². The van der Waals surface area contributed by atoms with Crippen LogP contribution in [0.1, 0.15) is 21.6 Å². The number of hydrogen-bond acceptors (Lipinski definition) is 4. The molecule has 0 fully saturated rings. The molecule has 0 bridgehead atoms. The molecule has 6 heteroatoms. The summed E-state index contributed by atoms with van der Waals surface area (Å²) in [4.78, 5) is 16.7. The van der Waals surface area contributed by atoms with Gasteiger partial charge in [0, 0.05) is 21.2 Å². The van der Waals surface area contributed by atoms with Gasteiger partial charge in [-0.3, -0.25) is 4.79 Å². The van der Waals surface area contributed by atoms with Gasteiger partial charge in [-0.05, 0) is 44.0 Å². The van der Waals surface area contributed by atoms with E-state index in [4.69, 9.17) is 11.6 Å². The average molecular weight is 387 g/mol. The zero-order valence-corrected chi connectivity index (χ0v) is 16.3. The predicted octanol–water partition coefficient (Wildman–Crippen LogP) is 5.76. The first kappa shape index (κ1) is 18.4. The van der Waals surface area contributed by atoms with Crippen LogP contribution in [-0.4, -0.2) is 16.1 Å². The zero-order valence-electron chi connectivity index (χ0n) is 14.8. The highest BCUT2D eigenvalue weighted by Crippen LogP contribution is 2.35. The molecule has 3 rings (SSSR count). The highest BCUT2D eigenvalue weighted by Gasteiger charge is 2.17.